The van der Waals surface area contributed by atoms with Crippen molar-refractivity contribution in [3.05, 3.63) is 48.9 Å². The van der Waals surface area contributed by atoms with E-state index in [1.807, 2.05) is 36.4 Å². The van der Waals surface area contributed by atoms with Crippen molar-refractivity contribution in [1.82, 2.24) is 14.4 Å². The molecule has 1 aromatic carbocycles. The lowest BCUT2D eigenvalue weighted by Crippen LogP contribution is -1.97. The van der Waals surface area contributed by atoms with Crippen molar-refractivity contribution in [2.45, 2.75) is 0 Å². The van der Waals surface area contributed by atoms with Gasteiger partial charge in [-0.15, -0.1) is 0 Å². The lowest BCUT2D eigenvalue weighted by atomic mass is 10.1. The molecule has 16 heavy (non-hydrogen) atoms. The Hall–Kier alpha value is -2.36. The first-order valence-corrected chi connectivity index (χ1v) is 4.99. The quantitative estimate of drug-likeness (QED) is 0.668. The summed E-state index contributed by atoms with van der Waals surface area (Å²) >= 11 is 0. The van der Waals surface area contributed by atoms with Gasteiger partial charge in [0.25, 0.3) is 0 Å². The third kappa shape index (κ3) is 1.24. The van der Waals surface area contributed by atoms with Crippen molar-refractivity contribution in [3.63, 3.8) is 0 Å². The van der Waals surface area contributed by atoms with Gasteiger partial charge in [-0.3, -0.25) is 4.40 Å². The van der Waals surface area contributed by atoms with Gasteiger partial charge in [0.15, 0.2) is 0 Å². The number of hydrogen-bond donors (Lipinski definition) is 1. The van der Waals surface area contributed by atoms with Gasteiger partial charge in [0.05, 0.1) is 11.2 Å². The molecule has 4 nitrogen and oxygen atoms in total. The zero-order valence-corrected chi connectivity index (χ0v) is 8.54. The zero-order valence-electron chi connectivity index (χ0n) is 8.54. The third-order valence-corrected chi connectivity index (χ3v) is 2.54. The Morgan fingerprint density at radius 2 is 1.81 bits per heavy atom. The fraction of sp³-hybridized carbons (Fsp3) is 0. The minimum Gasteiger partial charge on any atom is -0.369 e. The van der Waals surface area contributed by atoms with E-state index in [0.29, 0.717) is 5.95 Å². The van der Waals surface area contributed by atoms with Crippen LogP contribution in [0, 0.1) is 0 Å². The largest absolute Gasteiger partial charge is 0.369 e. The third-order valence-electron chi connectivity index (χ3n) is 2.54. The maximum Gasteiger partial charge on any atom is 0.206 e. The van der Waals surface area contributed by atoms with E-state index in [2.05, 4.69) is 9.97 Å². The number of anilines is 1. The average molecular weight is 210 g/mol. The molecule has 0 saturated carbocycles. The van der Waals surface area contributed by atoms with Crippen molar-refractivity contribution in [1.29, 1.82) is 0 Å². The first-order valence-electron chi connectivity index (χ1n) is 4.99. The van der Waals surface area contributed by atoms with Gasteiger partial charge in [-0.05, 0) is 6.07 Å². The van der Waals surface area contributed by atoms with E-state index in [-0.39, 0.29) is 0 Å². The predicted octanol–water partition coefficient (Wildman–Crippen LogP) is 1.98. The number of imidazole rings is 1. The monoisotopic (exact) mass is 210 g/mol. The SMILES string of the molecule is Nc1nccc2c(-c3ccccc3)ncn12. The molecule has 78 valence electrons. The lowest BCUT2D eigenvalue weighted by Gasteiger charge is -1.99. The van der Waals surface area contributed by atoms with Crippen molar-refractivity contribution in [2.75, 3.05) is 5.73 Å². The second-order valence-corrected chi connectivity index (χ2v) is 3.52. The van der Waals surface area contributed by atoms with Crippen molar-refractivity contribution in [2.24, 2.45) is 0 Å². The maximum absolute atomic E-state index is 5.76. The molecular formula is C12H10N4. The highest BCUT2D eigenvalue weighted by Crippen LogP contribution is 2.23. The zero-order chi connectivity index (χ0) is 11.0. The van der Waals surface area contributed by atoms with Gasteiger partial charge in [-0.2, -0.15) is 0 Å². The summed E-state index contributed by atoms with van der Waals surface area (Å²) in [6.07, 6.45) is 3.39. The average Bonchev–Trinajstić information content (AvgIpc) is 2.75. The molecule has 2 aromatic heterocycles. The van der Waals surface area contributed by atoms with Gasteiger partial charge >= 0.3 is 0 Å². The predicted molar refractivity (Wildman–Crippen MR) is 62.8 cm³/mol. The van der Waals surface area contributed by atoms with Crippen LogP contribution in [0.4, 0.5) is 5.95 Å². The van der Waals surface area contributed by atoms with E-state index < -0.39 is 0 Å². The molecule has 3 aromatic rings. The molecule has 0 aliphatic heterocycles. The van der Waals surface area contributed by atoms with Gasteiger partial charge in [0, 0.05) is 11.8 Å². The highest BCUT2D eigenvalue weighted by atomic mass is 15.1. The number of nitrogens with two attached hydrogens (primary N) is 1. The van der Waals surface area contributed by atoms with Crippen molar-refractivity contribution < 1.29 is 0 Å². The van der Waals surface area contributed by atoms with E-state index in [4.69, 9.17) is 5.73 Å². The number of rotatable bonds is 1. The summed E-state index contributed by atoms with van der Waals surface area (Å²) in [5.41, 5.74) is 8.74. The standard InChI is InChI=1S/C12H10N4/c13-12-14-7-6-10-11(15-8-16(10)12)9-4-2-1-3-5-9/h1-8H,(H2,13,14). The molecule has 0 bridgehead atoms. The molecule has 2 heterocycles. The normalized spacial score (nSPS) is 10.8. The van der Waals surface area contributed by atoms with Crippen LogP contribution in [0.1, 0.15) is 0 Å². The number of benzene rings is 1. The first-order chi connectivity index (χ1) is 7.86. The molecule has 0 spiro atoms. The minimum absolute atomic E-state index is 0.451. The van der Waals surface area contributed by atoms with Crippen LogP contribution < -0.4 is 5.73 Å². The number of nitrogen functional groups attached to an aromatic ring is 1. The van der Waals surface area contributed by atoms with Crippen molar-refractivity contribution in [3.8, 4) is 11.3 Å². The van der Waals surface area contributed by atoms with Crippen LogP contribution in [-0.2, 0) is 0 Å². The highest BCUT2D eigenvalue weighted by Gasteiger charge is 2.07. The molecule has 0 aliphatic carbocycles. The Bertz CT molecular complexity index is 628. The number of hydrogen-bond acceptors (Lipinski definition) is 3. The molecule has 2 N–H and O–H groups in total. The molecule has 0 atom stereocenters. The second kappa shape index (κ2) is 3.34. The van der Waals surface area contributed by atoms with E-state index in [1.54, 1.807) is 16.9 Å². The Morgan fingerprint density at radius 1 is 1.00 bits per heavy atom. The van der Waals surface area contributed by atoms with Gasteiger partial charge < -0.3 is 5.73 Å². The summed E-state index contributed by atoms with van der Waals surface area (Å²) in [6.45, 7) is 0. The van der Waals surface area contributed by atoms with Crippen LogP contribution in [0.3, 0.4) is 0 Å². The summed E-state index contributed by atoms with van der Waals surface area (Å²) in [4.78, 5) is 8.38. The van der Waals surface area contributed by atoms with Crippen LogP contribution in [0.5, 0.6) is 0 Å². The van der Waals surface area contributed by atoms with E-state index in [1.165, 1.54) is 0 Å². The van der Waals surface area contributed by atoms with E-state index in [9.17, 15) is 0 Å². The van der Waals surface area contributed by atoms with Gasteiger partial charge in [-0.1, -0.05) is 30.3 Å². The van der Waals surface area contributed by atoms with Gasteiger partial charge in [0.1, 0.15) is 6.33 Å². The fourth-order valence-electron chi connectivity index (χ4n) is 1.76. The summed E-state index contributed by atoms with van der Waals surface area (Å²) in [5, 5.41) is 0. The summed E-state index contributed by atoms with van der Waals surface area (Å²) in [5.74, 6) is 0.451. The molecule has 0 saturated heterocycles. The van der Waals surface area contributed by atoms with Crippen LogP contribution in [0.15, 0.2) is 48.9 Å². The van der Waals surface area contributed by atoms with E-state index in [0.717, 1.165) is 16.8 Å². The molecular weight excluding hydrogens is 200 g/mol. The Morgan fingerprint density at radius 3 is 2.62 bits per heavy atom. The minimum atomic E-state index is 0.451. The van der Waals surface area contributed by atoms with Gasteiger partial charge in [-0.25, -0.2) is 9.97 Å². The smallest absolute Gasteiger partial charge is 0.206 e. The molecule has 0 amide bonds. The molecule has 0 fully saturated rings. The Balaban J connectivity index is 2.30. The summed E-state index contributed by atoms with van der Waals surface area (Å²) in [6, 6.07) is 11.9. The van der Waals surface area contributed by atoms with Crippen LogP contribution in [0.25, 0.3) is 16.8 Å². The summed E-state index contributed by atoms with van der Waals surface area (Å²) in [7, 11) is 0. The lowest BCUT2D eigenvalue weighted by molar-refractivity contribution is 1.09. The Kier molecular flexibility index (Phi) is 1.86. The molecule has 3 rings (SSSR count). The van der Waals surface area contributed by atoms with Crippen LogP contribution in [-0.4, -0.2) is 14.4 Å². The molecule has 0 aliphatic rings. The van der Waals surface area contributed by atoms with Gasteiger partial charge in [0.2, 0.25) is 5.95 Å². The second-order valence-electron chi connectivity index (χ2n) is 3.52. The van der Waals surface area contributed by atoms with Crippen molar-refractivity contribution >= 4 is 11.5 Å². The maximum atomic E-state index is 5.76. The number of aromatic nitrogens is 3. The molecule has 0 unspecified atom stereocenters. The molecule has 4 heteroatoms. The number of fused-ring (bicyclic) bond motifs is 1. The fourth-order valence-corrected chi connectivity index (χ4v) is 1.76. The Labute approximate surface area is 92.4 Å². The summed E-state index contributed by atoms with van der Waals surface area (Å²) < 4.78 is 1.78. The number of nitrogens with zero attached hydrogens (tertiary/aromatic N) is 3. The first kappa shape index (κ1) is 8.91. The van der Waals surface area contributed by atoms with Crippen LogP contribution in [0.2, 0.25) is 0 Å². The molecule has 0 radical (unpaired) electrons. The van der Waals surface area contributed by atoms with E-state index >= 15 is 0 Å². The topological polar surface area (TPSA) is 56.2 Å². The van der Waals surface area contributed by atoms with Crippen LogP contribution >= 0.6 is 0 Å². The highest BCUT2D eigenvalue weighted by molar-refractivity contribution is 5.77.